The summed E-state index contributed by atoms with van der Waals surface area (Å²) in [6.07, 6.45) is 1.46. The second kappa shape index (κ2) is 7.54. The lowest BCUT2D eigenvalue weighted by molar-refractivity contribution is -0.126. The molecule has 2 N–H and O–H groups in total. The van der Waals surface area contributed by atoms with Gasteiger partial charge in [0.15, 0.2) is 0 Å². The van der Waals surface area contributed by atoms with E-state index in [9.17, 15) is 9.59 Å². The van der Waals surface area contributed by atoms with Gasteiger partial charge in [0.1, 0.15) is 6.42 Å². The number of carbonyl (C=O) groups is 2. The van der Waals surface area contributed by atoms with Crippen molar-refractivity contribution in [2.24, 2.45) is 0 Å². The largest absolute Gasteiger partial charge is 0.350 e. The predicted molar refractivity (Wildman–Crippen MR) is 90.0 cm³/mol. The Labute approximate surface area is 136 Å². The van der Waals surface area contributed by atoms with Crippen molar-refractivity contribution in [2.45, 2.75) is 33.7 Å². The van der Waals surface area contributed by atoms with E-state index in [1.54, 1.807) is 6.20 Å². The molecule has 5 heteroatoms. The number of pyridine rings is 1. The number of benzene rings is 1. The topological polar surface area (TPSA) is 71.1 Å². The number of rotatable bonds is 5. The Hall–Kier alpha value is -2.69. The summed E-state index contributed by atoms with van der Waals surface area (Å²) in [6.45, 7) is 6.21. The van der Waals surface area contributed by atoms with Crippen molar-refractivity contribution < 1.29 is 9.59 Å². The second-order valence-corrected chi connectivity index (χ2v) is 5.60. The zero-order valence-corrected chi connectivity index (χ0v) is 13.6. The highest BCUT2D eigenvalue weighted by Gasteiger charge is 2.12. The molecule has 0 saturated heterocycles. The van der Waals surface area contributed by atoms with Crippen LogP contribution in [-0.4, -0.2) is 16.8 Å². The first-order valence-corrected chi connectivity index (χ1v) is 7.50. The van der Waals surface area contributed by atoms with E-state index in [2.05, 4.69) is 15.6 Å². The van der Waals surface area contributed by atoms with Crippen LogP contribution in [0.15, 0.2) is 36.5 Å². The number of carbonyl (C=O) groups excluding carboxylic acids is 2. The zero-order valence-electron chi connectivity index (χ0n) is 13.6. The first kappa shape index (κ1) is 16.7. The Morgan fingerprint density at radius 1 is 1.04 bits per heavy atom. The van der Waals surface area contributed by atoms with Gasteiger partial charge in [-0.2, -0.15) is 0 Å². The van der Waals surface area contributed by atoms with Crippen molar-refractivity contribution in [3.05, 3.63) is 58.9 Å². The van der Waals surface area contributed by atoms with Gasteiger partial charge in [-0.1, -0.05) is 23.8 Å². The Morgan fingerprint density at radius 2 is 1.74 bits per heavy atom. The van der Waals surface area contributed by atoms with Crippen LogP contribution in [0.2, 0.25) is 0 Å². The molecule has 2 aromatic rings. The van der Waals surface area contributed by atoms with E-state index in [1.807, 2.05) is 51.1 Å². The molecule has 23 heavy (non-hydrogen) atoms. The fourth-order valence-electron chi connectivity index (χ4n) is 2.46. The molecule has 0 fully saturated rings. The molecule has 0 spiro atoms. The van der Waals surface area contributed by atoms with Gasteiger partial charge in [-0.05, 0) is 44.0 Å². The number of hydrogen-bond acceptors (Lipinski definition) is 3. The number of anilines is 1. The number of hydrogen-bond donors (Lipinski definition) is 2. The molecule has 5 nitrogen and oxygen atoms in total. The first-order chi connectivity index (χ1) is 11.0. The Kier molecular flexibility index (Phi) is 5.46. The summed E-state index contributed by atoms with van der Waals surface area (Å²) in [5, 5.41) is 5.51. The fourth-order valence-corrected chi connectivity index (χ4v) is 2.46. The van der Waals surface area contributed by atoms with Gasteiger partial charge in [-0.3, -0.25) is 14.6 Å². The van der Waals surface area contributed by atoms with Gasteiger partial charge in [-0.15, -0.1) is 0 Å². The lowest BCUT2D eigenvalue weighted by Crippen LogP contribution is -2.28. The summed E-state index contributed by atoms with van der Waals surface area (Å²) >= 11 is 0. The van der Waals surface area contributed by atoms with Gasteiger partial charge in [-0.25, -0.2) is 0 Å². The number of nitrogens with zero attached hydrogens (tertiary/aromatic N) is 1. The number of amides is 2. The van der Waals surface area contributed by atoms with E-state index in [4.69, 9.17) is 0 Å². The third kappa shape index (κ3) is 4.92. The maximum absolute atomic E-state index is 12.0. The summed E-state index contributed by atoms with van der Waals surface area (Å²) < 4.78 is 0. The van der Waals surface area contributed by atoms with E-state index in [1.165, 1.54) is 0 Å². The molecule has 0 bridgehead atoms. The Bertz CT molecular complexity index is 688. The molecule has 120 valence electrons. The normalized spacial score (nSPS) is 10.2. The molecule has 0 aliphatic carbocycles. The summed E-state index contributed by atoms with van der Waals surface area (Å²) in [5.74, 6) is -0.644. The van der Waals surface area contributed by atoms with Crippen molar-refractivity contribution >= 4 is 17.5 Å². The van der Waals surface area contributed by atoms with Crippen LogP contribution in [0.25, 0.3) is 0 Å². The Balaban J connectivity index is 1.88. The minimum absolute atomic E-state index is 0.209. The van der Waals surface area contributed by atoms with Crippen LogP contribution in [0, 0.1) is 20.8 Å². The van der Waals surface area contributed by atoms with E-state index < -0.39 is 0 Å². The van der Waals surface area contributed by atoms with E-state index >= 15 is 0 Å². The van der Waals surface area contributed by atoms with Gasteiger partial charge in [0.2, 0.25) is 11.8 Å². The molecule has 0 unspecified atom stereocenters. The van der Waals surface area contributed by atoms with Crippen LogP contribution < -0.4 is 10.6 Å². The highest BCUT2D eigenvalue weighted by molar-refractivity contribution is 6.04. The van der Waals surface area contributed by atoms with Crippen molar-refractivity contribution in [3.8, 4) is 0 Å². The molecule has 0 aliphatic rings. The van der Waals surface area contributed by atoms with E-state index in [0.717, 1.165) is 28.1 Å². The molecule has 2 amide bonds. The molecule has 0 atom stereocenters. The second-order valence-electron chi connectivity index (χ2n) is 5.60. The van der Waals surface area contributed by atoms with Crippen molar-refractivity contribution in [1.29, 1.82) is 0 Å². The molecule has 1 aromatic carbocycles. The fraction of sp³-hybridized carbons (Fsp3) is 0.278. The lowest BCUT2D eigenvalue weighted by Gasteiger charge is -2.12. The molecule has 1 heterocycles. The quantitative estimate of drug-likeness (QED) is 0.834. The van der Waals surface area contributed by atoms with Crippen LogP contribution in [0.5, 0.6) is 0 Å². The summed E-state index contributed by atoms with van der Waals surface area (Å²) in [6, 6.07) is 9.49. The molecule has 0 saturated carbocycles. The monoisotopic (exact) mass is 311 g/mol. The van der Waals surface area contributed by atoms with Gasteiger partial charge in [0, 0.05) is 11.9 Å². The molecule has 0 aliphatic heterocycles. The SMILES string of the molecule is Cc1cc(C)c(NC(=O)CC(=O)NCc2ccccn2)c(C)c1. The van der Waals surface area contributed by atoms with Crippen LogP contribution >= 0.6 is 0 Å². The van der Waals surface area contributed by atoms with Crippen molar-refractivity contribution in [2.75, 3.05) is 5.32 Å². The van der Waals surface area contributed by atoms with Gasteiger partial charge < -0.3 is 10.6 Å². The van der Waals surface area contributed by atoms with Gasteiger partial charge >= 0.3 is 0 Å². The van der Waals surface area contributed by atoms with Crippen LogP contribution in [0.3, 0.4) is 0 Å². The predicted octanol–water partition coefficient (Wildman–Crippen LogP) is 2.65. The average molecular weight is 311 g/mol. The maximum atomic E-state index is 12.0. The number of aromatic nitrogens is 1. The van der Waals surface area contributed by atoms with Crippen molar-refractivity contribution in [3.63, 3.8) is 0 Å². The zero-order chi connectivity index (χ0) is 16.8. The smallest absolute Gasteiger partial charge is 0.233 e. The highest BCUT2D eigenvalue weighted by Crippen LogP contribution is 2.21. The minimum Gasteiger partial charge on any atom is -0.350 e. The molecule has 1 aromatic heterocycles. The molecule has 0 radical (unpaired) electrons. The van der Waals surface area contributed by atoms with Crippen LogP contribution in [0.1, 0.15) is 28.8 Å². The van der Waals surface area contributed by atoms with E-state index in [-0.39, 0.29) is 18.2 Å². The summed E-state index contributed by atoms with van der Waals surface area (Å²) in [5.41, 5.74) is 4.66. The first-order valence-electron chi connectivity index (χ1n) is 7.50. The standard InChI is InChI=1S/C18H21N3O2/c1-12-8-13(2)18(14(3)9-12)21-17(23)10-16(22)20-11-15-6-4-5-7-19-15/h4-9H,10-11H2,1-3H3,(H,20,22)(H,21,23). The summed E-state index contributed by atoms with van der Waals surface area (Å²) in [4.78, 5) is 28.0. The summed E-state index contributed by atoms with van der Waals surface area (Å²) in [7, 11) is 0. The van der Waals surface area contributed by atoms with E-state index in [0.29, 0.717) is 6.54 Å². The molecular formula is C18H21N3O2. The number of nitrogens with one attached hydrogen (secondary N) is 2. The molecular weight excluding hydrogens is 290 g/mol. The lowest BCUT2D eigenvalue weighted by atomic mass is 10.0. The van der Waals surface area contributed by atoms with Gasteiger partial charge in [0.25, 0.3) is 0 Å². The third-order valence-electron chi connectivity index (χ3n) is 3.46. The number of aryl methyl sites for hydroxylation is 3. The van der Waals surface area contributed by atoms with Crippen LogP contribution in [0.4, 0.5) is 5.69 Å². The third-order valence-corrected chi connectivity index (χ3v) is 3.46. The van der Waals surface area contributed by atoms with Crippen molar-refractivity contribution in [1.82, 2.24) is 10.3 Å². The Morgan fingerprint density at radius 3 is 2.35 bits per heavy atom. The van der Waals surface area contributed by atoms with Gasteiger partial charge in [0.05, 0.1) is 12.2 Å². The average Bonchev–Trinajstić information content (AvgIpc) is 2.50. The van der Waals surface area contributed by atoms with Crippen LogP contribution in [-0.2, 0) is 16.1 Å². The minimum atomic E-state index is -0.324. The maximum Gasteiger partial charge on any atom is 0.233 e. The molecule has 2 rings (SSSR count). The highest BCUT2D eigenvalue weighted by atomic mass is 16.2.